The van der Waals surface area contributed by atoms with Crippen LogP contribution in [0.15, 0.2) is 77.4 Å². The first kappa shape index (κ1) is 26.0. The van der Waals surface area contributed by atoms with Crippen molar-refractivity contribution in [3.8, 4) is 17.2 Å². The van der Waals surface area contributed by atoms with Gasteiger partial charge < -0.3 is 19.9 Å². The molecular formula is C28H26N4O6. The molecule has 0 bridgehead atoms. The highest BCUT2D eigenvalue weighted by molar-refractivity contribution is 6.20. The van der Waals surface area contributed by atoms with Crippen LogP contribution in [0.3, 0.4) is 0 Å². The number of phenolic OH excluding ortho intramolecular Hbond substituents is 1. The summed E-state index contributed by atoms with van der Waals surface area (Å²) in [5, 5.41) is 13.6. The minimum atomic E-state index is -0.604. The van der Waals surface area contributed by atoms with Gasteiger partial charge in [-0.05, 0) is 42.8 Å². The van der Waals surface area contributed by atoms with Crippen LogP contribution < -0.4 is 20.2 Å². The third-order valence-corrected chi connectivity index (χ3v) is 5.46. The molecule has 0 unspecified atom stereocenters. The lowest BCUT2D eigenvalue weighted by Gasteiger charge is -2.20. The molecule has 10 nitrogen and oxygen atoms in total. The molecule has 4 rings (SSSR count). The molecule has 0 aliphatic carbocycles. The molecule has 3 amide bonds. The number of phenols is 1. The van der Waals surface area contributed by atoms with Gasteiger partial charge in [0, 0.05) is 24.2 Å². The number of hydrogen-bond acceptors (Lipinski definition) is 7. The average molecular weight is 515 g/mol. The Morgan fingerprint density at radius 2 is 1.82 bits per heavy atom. The summed E-state index contributed by atoms with van der Waals surface area (Å²) in [5.41, 5.74) is 4.53. The molecule has 3 N–H and O–H groups in total. The van der Waals surface area contributed by atoms with Crippen LogP contribution in [0, 0.1) is 0 Å². The number of benzene rings is 3. The Kier molecular flexibility index (Phi) is 7.72. The van der Waals surface area contributed by atoms with Gasteiger partial charge in [-0.3, -0.25) is 19.8 Å². The smallest absolute Gasteiger partial charge is 0.297 e. The highest BCUT2D eigenvalue weighted by Crippen LogP contribution is 2.29. The van der Waals surface area contributed by atoms with Gasteiger partial charge in [0.1, 0.15) is 11.4 Å². The highest BCUT2D eigenvalue weighted by Gasteiger charge is 2.33. The third kappa shape index (κ3) is 5.65. The van der Waals surface area contributed by atoms with E-state index in [4.69, 9.17) is 9.47 Å². The maximum atomic E-state index is 13.4. The van der Waals surface area contributed by atoms with Gasteiger partial charge in [-0.2, -0.15) is 5.01 Å². The SMILES string of the molecule is CCOc1cc(NC(C)=O)ccc1C(=O)NN1C(=O)/C(=C/c2ccc(O)c(OC)c2)N=C1c1ccccc1. The Hall–Kier alpha value is -5.12. The summed E-state index contributed by atoms with van der Waals surface area (Å²) in [6.07, 6.45) is 1.53. The minimum absolute atomic E-state index is 0.0376. The molecule has 10 heteroatoms. The predicted molar refractivity (Wildman–Crippen MR) is 142 cm³/mol. The lowest BCUT2D eigenvalue weighted by molar-refractivity contribution is -0.124. The van der Waals surface area contributed by atoms with Crippen LogP contribution in [0.5, 0.6) is 17.2 Å². The zero-order valence-electron chi connectivity index (χ0n) is 21.0. The van der Waals surface area contributed by atoms with Gasteiger partial charge in [0.05, 0.1) is 19.3 Å². The van der Waals surface area contributed by atoms with E-state index in [2.05, 4.69) is 15.7 Å². The number of carbonyl (C=O) groups excluding carboxylic acids is 3. The molecule has 0 spiro atoms. The topological polar surface area (TPSA) is 130 Å². The molecule has 0 atom stereocenters. The molecule has 3 aromatic carbocycles. The zero-order chi connectivity index (χ0) is 27.2. The summed E-state index contributed by atoms with van der Waals surface area (Å²) in [4.78, 5) is 42.7. The predicted octanol–water partition coefficient (Wildman–Crippen LogP) is 3.73. The van der Waals surface area contributed by atoms with E-state index in [-0.39, 0.29) is 46.9 Å². The van der Waals surface area contributed by atoms with E-state index in [0.717, 1.165) is 5.01 Å². The van der Waals surface area contributed by atoms with E-state index in [1.165, 1.54) is 32.2 Å². The largest absolute Gasteiger partial charge is 0.504 e. The Bertz CT molecular complexity index is 1450. The lowest BCUT2D eigenvalue weighted by atomic mass is 10.1. The van der Waals surface area contributed by atoms with Crippen molar-refractivity contribution in [3.05, 3.63) is 89.1 Å². The second-order valence-electron chi connectivity index (χ2n) is 8.17. The first-order chi connectivity index (χ1) is 18.3. The van der Waals surface area contributed by atoms with Crippen molar-refractivity contribution in [1.82, 2.24) is 10.4 Å². The van der Waals surface area contributed by atoms with E-state index in [1.807, 2.05) is 6.07 Å². The number of nitrogens with zero attached hydrogens (tertiary/aromatic N) is 2. The Balaban J connectivity index is 1.69. The van der Waals surface area contributed by atoms with Gasteiger partial charge in [-0.15, -0.1) is 0 Å². The molecule has 0 aromatic heterocycles. The first-order valence-corrected chi connectivity index (χ1v) is 11.7. The second kappa shape index (κ2) is 11.3. The van der Waals surface area contributed by atoms with Crippen LogP contribution in [0.2, 0.25) is 0 Å². The van der Waals surface area contributed by atoms with Crippen LogP contribution in [-0.2, 0) is 9.59 Å². The Morgan fingerprint density at radius 3 is 2.50 bits per heavy atom. The fourth-order valence-electron chi connectivity index (χ4n) is 3.77. The quantitative estimate of drug-likeness (QED) is 0.393. The number of carbonyl (C=O) groups is 3. The van der Waals surface area contributed by atoms with E-state index in [1.54, 1.807) is 55.5 Å². The van der Waals surface area contributed by atoms with Gasteiger partial charge in [-0.25, -0.2) is 4.99 Å². The van der Waals surface area contributed by atoms with Gasteiger partial charge in [0.15, 0.2) is 17.3 Å². The zero-order valence-corrected chi connectivity index (χ0v) is 21.0. The summed E-state index contributed by atoms with van der Waals surface area (Å²) in [7, 11) is 1.43. The maximum absolute atomic E-state index is 13.4. The number of ether oxygens (including phenoxy) is 2. The van der Waals surface area contributed by atoms with E-state index < -0.39 is 11.8 Å². The highest BCUT2D eigenvalue weighted by atomic mass is 16.5. The first-order valence-electron chi connectivity index (χ1n) is 11.7. The number of amides is 3. The molecule has 194 valence electrons. The van der Waals surface area contributed by atoms with Crippen molar-refractivity contribution in [2.75, 3.05) is 19.0 Å². The van der Waals surface area contributed by atoms with Gasteiger partial charge in [0.25, 0.3) is 11.8 Å². The number of anilines is 1. The van der Waals surface area contributed by atoms with Crippen molar-refractivity contribution in [1.29, 1.82) is 0 Å². The maximum Gasteiger partial charge on any atom is 0.297 e. The summed E-state index contributed by atoms with van der Waals surface area (Å²) in [6, 6.07) is 18.2. The fourth-order valence-corrected chi connectivity index (χ4v) is 3.77. The molecule has 1 aliphatic heterocycles. The normalized spacial score (nSPS) is 13.8. The molecule has 38 heavy (non-hydrogen) atoms. The average Bonchev–Trinajstić information content (AvgIpc) is 3.20. The van der Waals surface area contributed by atoms with Gasteiger partial charge in [0.2, 0.25) is 5.91 Å². The van der Waals surface area contributed by atoms with Gasteiger partial charge >= 0.3 is 0 Å². The number of hydrazine groups is 1. The van der Waals surface area contributed by atoms with Crippen molar-refractivity contribution in [2.24, 2.45) is 4.99 Å². The van der Waals surface area contributed by atoms with Crippen LogP contribution in [0.1, 0.15) is 35.3 Å². The van der Waals surface area contributed by atoms with Crippen LogP contribution >= 0.6 is 0 Å². The van der Waals surface area contributed by atoms with Crippen molar-refractivity contribution >= 4 is 35.3 Å². The monoisotopic (exact) mass is 514 g/mol. The molecule has 0 saturated heterocycles. The van der Waals surface area contributed by atoms with Crippen molar-refractivity contribution in [2.45, 2.75) is 13.8 Å². The van der Waals surface area contributed by atoms with E-state index >= 15 is 0 Å². The van der Waals surface area contributed by atoms with E-state index in [9.17, 15) is 19.5 Å². The van der Waals surface area contributed by atoms with E-state index in [0.29, 0.717) is 16.8 Å². The second-order valence-corrected chi connectivity index (χ2v) is 8.17. The molecular weight excluding hydrogens is 488 g/mol. The van der Waals surface area contributed by atoms with Crippen LogP contribution in [0.4, 0.5) is 5.69 Å². The summed E-state index contributed by atoms with van der Waals surface area (Å²) in [6.45, 7) is 3.43. The Morgan fingerprint density at radius 1 is 1.05 bits per heavy atom. The van der Waals surface area contributed by atoms with Gasteiger partial charge in [-0.1, -0.05) is 36.4 Å². The number of methoxy groups -OCH3 is 1. The number of aliphatic imine (C=N–C) groups is 1. The summed E-state index contributed by atoms with van der Waals surface area (Å²) >= 11 is 0. The number of nitrogens with one attached hydrogen (secondary N) is 2. The number of aromatic hydroxyl groups is 1. The van der Waals surface area contributed by atoms with Crippen molar-refractivity contribution in [3.63, 3.8) is 0 Å². The third-order valence-electron chi connectivity index (χ3n) is 5.46. The molecule has 0 saturated carbocycles. The molecule has 3 aromatic rings. The molecule has 1 heterocycles. The molecule has 0 radical (unpaired) electrons. The lowest BCUT2D eigenvalue weighted by Crippen LogP contribution is -2.47. The number of hydrogen-bond donors (Lipinski definition) is 3. The minimum Gasteiger partial charge on any atom is -0.504 e. The van der Waals surface area contributed by atoms with Crippen LogP contribution in [-0.4, -0.2) is 47.4 Å². The standard InChI is InChI=1S/C28H26N4O6/c1-4-38-24-16-20(29-17(2)33)11-12-21(24)27(35)31-32-26(19-8-6-5-7-9-19)30-22(28(32)36)14-18-10-13-23(34)25(15-18)37-3/h5-16,34H,4H2,1-3H3,(H,29,33)(H,31,35)/b22-14-. The summed E-state index contributed by atoms with van der Waals surface area (Å²) < 4.78 is 10.8. The number of amidine groups is 1. The molecule has 1 aliphatic rings. The molecule has 0 fully saturated rings. The summed E-state index contributed by atoms with van der Waals surface area (Å²) in [5.74, 6) is -0.745. The Labute approximate surface area is 219 Å². The fraction of sp³-hybridized carbons (Fsp3) is 0.143. The van der Waals surface area contributed by atoms with Crippen LogP contribution in [0.25, 0.3) is 6.08 Å². The number of rotatable bonds is 8. The van der Waals surface area contributed by atoms with Crippen molar-refractivity contribution < 1.29 is 29.0 Å².